The van der Waals surface area contributed by atoms with Gasteiger partial charge in [-0.2, -0.15) is 0 Å². The molecule has 37 heavy (non-hydrogen) atoms. The zero-order valence-corrected chi connectivity index (χ0v) is 22.6. The number of carboxylic acids is 1. The van der Waals surface area contributed by atoms with Crippen molar-refractivity contribution in [1.82, 2.24) is 10.6 Å². The maximum absolute atomic E-state index is 12.1. The molecule has 7 atom stereocenters. The summed E-state index contributed by atoms with van der Waals surface area (Å²) in [6, 6.07) is -1.00. The van der Waals surface area contributed by atoms with Gasteiger partial charge in [0.15, 0.2) is 6.61 Å². The number of amides is 2. The minimum atomic E-state index is -1.11. The number of allylic oxidation sites excluding steroid dienone is 2. The summed E-state index contributed by atoms with van der Waals surface area (Å²) in [5.74, 6) is -0.492. The van der Waals surface area contributed by atoms with Gasteiger partial charge in [0.2, 0.25) is 5.91 Å². The smallest absolute Gasteiger partial charge is 0.326 e. The van der Waals surface area contributed by atoms with Crippen LogP contribution in [-0.2, 0) is 19.2 Å². The molecule has 9 heteroatoms. The molecule has 0 bridgehead atoms. The Morgan fingerprint density at radius 2 is 1.84 bits per heavy atom. The van der Waals surface area contributed by atoms with Crippen LogP contribution < -0.4 is 10.6 Å². The Bertz CT molecular complexity index is 977. The molecule has 0 spiro atoms. The van der Waals surface area contributed by atoms with Crippen LogP contribution in [0.3, 0.4) is 0 Å². The predicted octanol–water partition coefficient (Wildman–Crippen LogP) is 3.02. The molecule has 3 fully saturated rings. The van der Waals surface area contributed by atoms with Gasteiger partial charge in [-0.15, -0.1) is 0 Å². The van der Waals surface area contributed by atoms with Gasteiger partial charge in [0.1, 0.15) is 6.04 Å². The molecule has 4 aliphatic rings. The van der Waals surface area contributed by atoms with Gasteiger partial charge in [0, 0.05) is 0 Å². The van der Waals surface area contributed by atoms with Crippen molar-refractivity contribution in [2.75, 3.05) is 13.2 Å². The second kappa shape index (κ2) is 10.8. The van der Waals surface area contributed by atoms with E-state index in [1.165, 1.54) is 12.0 Å². The van der Waals surface area contributed by atoms with Crippen molar-refractivity contribution in [2.24, 2.45) is 39.7 Å². The lowest BCUT2D eigenvalue weighted by atomic mass is 9.47. The fraction of sp³-hybridized carbons (Fsp3) is 0.786. The Hall–Kier alpha value is -2.42. The Morgan fingerprint density at radius 3 is 2.54 bits per heavy atom. The summed E-state index contributed by atoms with van der Waals surface area (Å²) in [6.45, 7) is 7.49. The van der Waals surface area contributed by atoms with Gasteiger partial charge in [0.05, 0.1) is 18.4 Å². The summed E-state index contributed by atoms with van der Waals surface area (Å²) >= 11 is 0. The molecule has 0 unspecified atom stereocenters. The Labute approximate surface area is 219 Å². The number of carboxylic acid groups (broad SMARTS) is 1. The number of carbonyl (C=O) groups excluding carboxylic acids is 2. The maximum Gasteiger partial charge on any atom is 0.326 e. The first-order valence-electron chi connectivity index (χ1n) is 13.8. The first kappa shape index (κ1) is 27.6. The van der Waals surface area contributed by atoms with E-state index in [1.807, 2.05) is 0 Å². The van der Waals surface area contributed by atoms with Crippen molar-refractivity contribution in [1.29, 1.82) is 0 Å². The van der Waals surface area contributed by atoms with Gasteiger partial charge in [-0.05, 0) is 91.9 Å². The van der Waals surface area contributed by atoms with Gasteiger partial charge in [-0.1, -0.05) is 38.4 Å². The zero-order valence-electron chi connectivity index (χ0n) is 22.6. The average molecular weight is 518 g/mol. The number of aliphatic hydroxyl groups is 1. The van der Waals surface area contributed by atoms with Crippen molar-refractivity contribution in [3.63, 3.8) is 0 Å². The van der Waals surface area contributed by atoms with Crippen LogP contribution in [0.1, 0.15) is 79.1 Å². The van der Waals surface area contributed by atoms with Crippen LogP contribution in [0, 0.1) is 34.5 Å². The first-order valence-corrected chi connectivity index (χ1v) is 13.8. The molecule has 0 radical (unpaired) electrons. The lowest BCUT2D eigenvalue weighted by Gasteiger charge is -2.57. The third-order valence-corrected chi connectivity index (χ3v) is 10.0. The van der Waals surface area contributed by atoms with Gasteiger partial charge in [-0.25, -0.2) is 4.79 Å². The molecule has 0 heterocycles. The fourth-order valence-electron chi connectivity index (χ4n) is 7.76. The summed E-state index contributed by atoms with van der Waals surface area (Å²) in [5.41, 5.74) is 2.52. The molecule has 4 rings (SSSR count). The second-order valence-corrected chi connectivity index (χ2v) is 12.4. The highest BCUT2D eigenvalue weighted by Crippen LogP contribution is 2.65. The molecule has 0 aromatic rings. The van der Waals surface area contributed by atoms with Crippen LogP contribution in [0.2, 0.25) is 0 Å². The Morgan fingerprint density at radius 1 is 1.08 bits per heavy atom. The lowest BCUT2D eigenvalue weighted by molar-refractivity contribution is -0.143. The number of fused-ring (bicyclic) bond motifs is 5. The molecule has 9 nitrogen and oxygen atoms in total. The minimum Gasteiger partial charge on any atom is -0.480 e. The third kappa shape index (κ3) is 5.42. The third-order valence-electron chi connectivity index (χ3n) is 10.0. The zero-order chi connectivity index (χ0) is 27.0. The molecule has 3 saturated carbocycles. The molecular weight excluding hydrogens is 474 g/mol. The van der Waals surface area contributed by atoms with E-state index in [9.17, 15) is 19.5 Å². The van der Waals surface area contributed by atoms with Crippen LogP contribution in [0.25, 0.3) is 0 Å². The highest BCUT2D eigenvalue weighted by molar-refractivity contribution is 5.96. The Balaban J connectivity index is 1.28. The van der Waals surface area contributed by atoms with Crippen LogP contribution >= 0.6 is 0 Å². The minimum absolute atomic E-state index is 0.0848. The summed E-state index contributed by atoms with van der Waals surface area (Å²) in [4.78, 5) is 40.6. The molecule has 4 aliphatic carbocycles. The first-order chi connectivity index (χ1) is 17.5. The number of aliphatic hydroxyl groups excluding tert-OH is 1. The number of carbonyl (C=O) groups is 3. The van der Waals surface area contributed by atoms with Crippen molar-refractivity contribution >= 4 is 23.5 Å². The molecule has 0 saturated heterocycles. The van der Waals surface area contributed by atoms with E-state index in [-0.39, 0.29) is 36.0 Å². The maximum atomic E-state index is 12.1. The average Bonchev–Trinajstić information content (AvgIpc) is 3.15. The summed E-state index contributed by atoms with van der Waals surface area (Å²) in [5, 5.41) is 28.9. The lowest BCUT2D eigenvalue weighted by Crippen LogP contribution is -2.51. The van der Waals surface area contributed by atoms with Crippen molar-refractivity contribution in [3.05, 3.63) is 11.6 Å². The molecule has 0 aliphatic heterocycles. The van der Waals surface area contributed by atoms with Crippen LogP contribution in [0.15, 0.2) is 16.8 Å². The van der Waals surface area contributed by atoms with E-state index in [2.05, 4.69) is 35.7 Å². The molecule has 4 N–H and O–H groups in total. The van der Waals surface area contributed by atoms with Gasteiger partial charge >= 0.3 is 5.97 Å². The van der Waals surface area contributed by atoms with Gasteiger partial charge in [0.25, 0.3) is 5.91 Å². The van der Waals surface area contributed by atoms with Crippen LogP contribution in [0.5, 0.6) is 0 Å². The Kier molecular flexibility index (Phi) is 8.02. The number of oxime groups is 1. The van der Waals surface area contributed by atoms with Crippen molar-refractivity contribution in [2.45, 2.75) is 91.2 Å². The highest BCUT2D eigenvalue weighted by atomic mass is 16.6. The molecule has 0 aromatic carbocycles. The fourth-order valence-corrected chi connectivity index (χ4v) is 7.76. The summed E-state index contributed by atoms with van der Waals surface area (Å²) in [7, 11) is 0. The SMILES string of the molecule is CC(C)[C@H](NC(=O)CNC(=O)CON=C1C=C2CC[C@@H]3[C@H]4CC[C@@H](O)[C@@]4(C)CC[C@@H]3[C@@]2(C)CC1)C(=O)O. The topological polar surface area (TPSA) is 137 Å². The largest absolute Gasteiger partial charge is 0.480 e. The van der Waals surface area contributed by atoms with E-state index in [1.54, 1.807) is 13.8 Å². The number of hydrogen-bond donors (Lipinski definition) is 4. The molecule has 2 amide bonds. The summed E-state index contributed by atoms with van der Waals surface area (Å²) < 4.78 is 0. The van der Waals surface area contributed by atoms with Crippen LogP contribution in [0.4, 0.5) is 0 Å². The number of rotatable bonds is 8. The van der Waals surface area contributed by atoms with E-state index >= 15 is 0 Å². The second-order valence-electron chi connectivity index (χ2n) is 12.4. The monoisotopic (exact) mass is 517 g/mol. The quantitative estimate of drug-likeness (QED) is 0.365. The van der Waals surface area contributed by atoms with Gasteiger partial charge < -0.3 is 25.7 Å². The van der Waals surface area contributed by atoms with Crippen molar-refractivity contribution in [3.8, 4) is 0 Å². The van der Waals surface area contributed by atoms with E-state index in [0.717, 1.165) is 50.7 Å². The standard InChI is InChI=1S/C28H43N3O6/c1-16(2)25(26(35)36)30-23(33)14-29-24(34)15-37-31-18-9-11-27(3)17(13-18)5-6-19-20-7-8-22(32)28(20,4)12-10-21(19)27/h13,16,19-22,25,32H,5-12,14-15H2,1-4H3,(H,29,34)(H,30,33)(H,35,36)/t19-,20-,21+,22-,25+,27+,28+/m1/s1. The highest BCUT2D eigenvalue weighted by Gasteiger charge is 2.58. The number of nitrogens with zero attached hydrogens (tertiary/aromatic N) is 1. The van der Waals surface area contributed by atoms with E-state index < -0.39 is 23.8 Å². The molecular formula is C28H43N3O6. The number of hydrogen-bond acceptors (Lipinski definition) is 6. The number of aliphatic carboxylic acids is 1. The summed E-state index contributed by atoms with van der Waals surface area (Å²) in [6.07, 6.45) is 10.4. The predicted molar refractivity (Wildman–Crippen MR) is 139 cm³/mol. The normalized spacial score (nSPS) is 36.6. The van der Waals surface area contributed by atoms with E-state index in [0.29, 0.717) is 17.8 Å². The molecule has 206 valence electrons. The molecule has 0 aromatic heterocycles. The van der Waals surface area contributed by atoms with E-state index in [4.69, 9.17) is 9.94 Å². The van der Waals surface area contributed by atoms with Crippen LogP contribution in [-0.4, -0.2) is 59.0 Å². The van der Waals surface area contributed by atoms with Gasteiger partial charge in [-0.3, -0.25) is 9.59 Å². The van der Waals surface area contributed by atoms with Crippen molar-refractivity contribution < 1.29 is 29.4 Å². The number of nitrogens with one attached hydrogen (secondary N) is 2.